The Labute approximate surface area is 172 Å². The van der Waals surface area contributed by atoms with Crippen molar-refractivity contribution in [2.75, 3.05) is 5.32 Å². The van der Waals surface area contributed by atoms with E-state index in [1.807, 2.05) is 0 Å². The molecule has 6 nitrogen and oxygen atoms in total. The number of amides is 1. The Balaban J connectivity index is 1.83. The fraction of sp³-hybridized carbons (Fsp3) is 0.316. The second-order valence-corrected chi connectivity index (χ2v) is 8.06. The third-order valence-electron chi connectivity index (χ3n) is 4.11. The van der Waals surface area contributed by atoms with Crippen molar-refractivity contribution < 1.29 is 23.1 Å². The van der Waals surface area contributed by atoms with Crippen LogP contribution < -0.4 is 5.32 Å². The van der Waals surface area contributed by atoms with Crippen molar-refractivity contribution in [1.29, 1.82) is 0 Å². The molecule has 2 N–H and O–H groups in total. The molecule has 0 saturated heterocycles. The highest BCUT2D eigenvalue weighted by Crippen LogP contribution is 2.30. The number of pyridine rings is 1. The van der Waals surface area contributed by atoms with Crippen LogP contribution in [0, 0.1) is 0 Å². The molecule has 0 saturated carbocycles. The molecule has 0 atom stereocenters. The summed E-state index contributed by atoms with van der Waals surface area (Å²) in [5, 5.41) is 17.6. The molecule has 0 unspecified atom stereocenters. The van der Waals surface area contributed by atoms with E-state index in [4.69, 9.17) is 0 Å². The van der Waals surface area contributed by atoms with Gasteiger partial charge >= 0.3 is 6.18 Å². The summed E-state index contributed by atoms with van der Waals surface area (Å²) in [5.41, 5.74) is -1.25. The van der Waals surface area contributed by atoms with Crippen LogP contribution in [0.25, 0.3) is 10.9 Å². The number of aromatic nitrogens is 3. The van der Waals surface area contributed by atoms with Crippen molar-refractivity contribution in [2.24, 2.45) is 0 Å². The maximum atomic E-state index is 12.8. The van der Waals surface area contributed by atoms with Gasteiger partial charge in [-0.2, -0.15) is 18.3 Å². The highest BCUT2D eigenvalue weighted by molar-refractivity contribution is 9.10. The summed E-state index contributed by atoms with van der Waals surface area (Å²) in [6.07, 6.45) is -2.35. The van der Waals surface area contributed by atoms with Crippen LogP contribution in [0.3, 0.4) is 0 Å². The highest BCUT2D eigenvalue weighted by Gasteiger charge is 2.33. The molecule has 2 heterocycles. The molecule has 0 aliphatic carbocycles. The lowest BCUT2D eigenvalue weighted by Gasteiger charge is -2.16. The lowest BCUT2D eigenvalue weighted by atomic mass is 10.1. The van der Waals surface area contributed by atoms with Crippen LogP contribution >= 0.6 is 15.9 Å². The first-order valence-electron chi connectivity index (χ1n) is 8.67. The van der Waals surface area contributed by atoms with Crippen LogP contribution in [0.2, 0.25) is 0 Å². The Morgan fingerprint density at radius 1 is 1.28 bits per heavy atom. The number of rotatable bonds is 5. The Morgan fingerprint density at radius 3 is 2.66 bits per heavy atom. The lowest BCUT2D eigenvalue weighted by molar-refractivity contribution is -0.141. The van der Waals surface area contributed by atoms with Gasteiger partial charge in [-0.25, -0.2) is 4.98 Å². The van der Waals surface area contributed by atoms with Gasteiger partial charge in [-0.3, -0.25) is 9.48 Å². The summed E-state index contributed by atoms with van der Waals surface area (Å²) in [4.78, 5) is 15.8. The van der Waals surface area contributed by atoms with Crippen LogP contribution in [-0.2, 0) is 12.7 Å². The fourth-order valence-electron chi connectivity index (χ4n) is 2.60. The average molecular weight is 471 g/mol. The number of alkyl halides is 3. The van der Waals surface area contributed by atoms with Crippen molar-refractivity contribution in [3.63, 3.8) is 0 Å². The third kappa shape index (κ3) is 5.33. The Kier molecular flexibility index (Phi) is 5.68. The van der Waals surface area contributed by atoms with Crippen molar-refractivity contribution in [2.45, 2.75) is 38.6 Å². The summed E-state index contributed by atoms with van der Waals surface area (Å²) < 4.78 is 40.6. The molecule has 3 aromatic rings. The van der Waals surface area contributed by atoms with Gasteiger partial charge in [0.05, 0.1) is 16.8 Å². The minimum Gasteiger partial charge on any atom is -0.390 e. The molecule has 10 heteroatoms. The van der Waals surface area contributed by atoms with Gasteiger partial charge in [0.1, 0.15) is 11.4 Å². The lowest BCUT2D eigenvalue weighted by Crippen LogP contribution is -2.21. The maximum absolute atomic E-state index is 12.8. The molecule has 1 aromatic carbocycles. The van der Waals surface area contributed by atoms with E-state index in [1.54, 1.807) is 36.9 Å². The predicted octanol–water partition coefficient (Wildman–Crippen LogP) is 4.63. The van der Waals surface area contributed by atoms with Gasteiger partial charge in [0, 0.05) is 22.6 Å². The number of hydrogen-bond acceptors (Lipinski definition) is 4. The Hall–Kier alpha value is -2.46. The molecular weight excluding hydrogens is 453 g/mol. The van der Waals surface area contributed by atoms with E-state index in [9.17, 15) is 23.1 Å². The van der Waals surface area contributed by atoms with Crippen molar-refractivity contribution in [3.8, 4) is 0 Å². The summed E-state index contributed by atoms with van der Waals surface area (Å²) in [7, 11) is 0. The second-order valence-electron chi connectivity index (χ2n) is 7.21. The van der Waals surface area contributed by atoms with Gasteiger partial charge in [0.2, 0.25) is 0 Å². The number of hydrogen-bond donors (Lipinski definition) is 2. The molecule has 0 aliphatic heterocycles. The quantitative estimate of drug-likeness (QED) is 0.569. The summed E-state index contributed by atoms with van der Waals surface area (Å²) in [6.45, 7) is 3.93. The van der Waals surface area contributed by atoms with Gasteiger partial charge in [-0.15, -0.1) is 0 Å². The standard InChI is InChI=1S/C19H18BrF3N4O2/c1-18(2,29)6-7-27-10-11-8-15(12(20)9-14(11)26-27)25-17(28)13-4-3-5-16(24-13)19(21,22)23/h3-5,8-10,29H,6-7H2,1-2H3,(H,25,28). The van der Waals surface area contributed by atoms with Crippen molar-refractivity contribution in [1.82, 2.24) is 14.8 Å². The molecule has 0 bridgehead atoms. The van der Waals surface area contributed by atoms with Crippen LogP contribution in [-0.4, -0.2) is 31.4 Å². The number of anilines is 1. The normalized spacial score (nSPS) is 12.4. The van der Waals surface area contributed by atoms with Crippen LogP contribution in [0.5, 0.6) is 0 Å². The number of nitrogens with one attached hydrogen (secondary N) is 1. The highest BCUT2D eigenvalue weighted by atomic mass is 79.9. The van der Waals surface area contributed by atoms with Crippen molar-refractivity contribution in [3.05, 3.63) is 52.4 Å². The van der Waals surface area contributed by atoms with E-state index in [1.165, 1.54) is 6.07 Å². The minimum atomic E-state index is -4.63. The zero-order chi connectivity index (χ0) is 21.4. The first-order valence-corrected chi connectivity index (χ1v) is 9.46. The van der Waals surface area contributed by atoms with Gasteiger partial charge in [0.15, 0.2) is 0 Å². The molecule has 0 radical (unpaired) electrons. The molecule has 0 spiro atoms. The van der Waals surface area contributed by atoms with E-state index in [-0.39, 0.29) is 5.69 Å². The van der Waals surface area contributed by atoms with E-state index >= 15 is 0 Å². The largest absolute Gasteiger partial charge is 0.433 e. The van der Waals surface area contributed by atoms with Gasteiger partial charge in [-0.1, -0.05) is 6.07 Å². The zero-order valence-corrected chi connectivity index (χ0v) is 17.2. The van der Waals surface area contributed by atoms with Gasteiger partial charge in [0.25, 0.3) is 5.91 Å². The molecule has 154 valence electrons. The molecule has 0 aliphatic rings. The number of benzene rings is 1. The van der Waals surface area contributed by atoms with Crippen molar-refractivity contribution >= 4 is 38.4 Å². The van der Waals surface area contributed by atoms with E-state index in [0.29, 0.717) is 28.6 Å². The van der Waals surface area contributed by atoms with Crippen LogP contribution in [0.4, 0.5) is 18.9 Å². The third-order valence-corrected chi connectivity index (χ3v) is 4.77. The van der Waals surface area contributed by atoms with Crippen LogP contribution in [0.1, 0.15) is 36.5 Å². The van der Waals surface area contributed by atoms with Gasteiger partial charge < -0.3 is 10.4 Å². The number of halogens is 4. The summed E-state index contributed by atoms with van der Waals surface area (Å²) in [5.74, 6) is -0.759. The first kappa shape index (κ1) is 21.3. The molecule has 2 aromatic heterocycles. The predicted molar refractivity (Wildman–Crippen MR) is 106 cm³/mol. The molecule has 0 fully saturated rings. The van der Waals surface area contributed by atoms with E-state index in [0.717, 1.165) is 17.5 Å². The Morgan fingerprint density at radius 2 is 2.00 bits per heavy atom. The smallest absolute Gasteiger partial charge is 0.390 e. The number of nitrogens with zero attached hydrogens (tertiary/aromatic N) is 3. The zero-order valence-electron chi connectivity index (χ0n) is 15.6. The summed E-state index contributed by atoms with van der Waals surface area (Å²) >= 11 is 3.34. The second kappa shape index (κ2) is 7.75. The molecule has 1 amide bonds. The molecular formula is C19H18BrF3N4O2. The molecule has 29 heavy (non-hydrogen) atoms. The number of aliphatic hydroxyl groups is 1. The number of carbonyl (C=O) groups excluding carboxylic acids is 1. The number of carbonyl (C=O) groups is 1. The van der Waals surface area contributed by atoms with Gasteiger partial charge in [-0.05, 0) is 60.5 Å². The maximum Gasteiger partial charge on any atom is 0.433 e. The van der Waals surface area contributed by atoms with E-state index < -0.39 is 23.4 Å². The first-order chi connectivity index (χ1) is 13.4. The van der Waals surface area contributed by atoms with E-state index in [2.05, 4.69) is 31.3 Å². The average Bonchev–Trinajstić information content (AvgIpc) is 3.01. The monoisotopic (exact) mass is 470 g/mol. The number of fused-ring (bicyclic) bond motifs is 1. The summed E-state index contributed by atoms with van der Waals surface area (Å²) in [6, 6.07) is 6.52. The number of aryl methyl sites for hydroxylation is 1. The minimum absolute atomic E-state index is 0.340. The SMILES string of the molecule is CC(C)(O)CCn1cc2cc(NC(=O)c3cccc(C(F)(F)F)n3)c(Br)cc2n1. The molecule has 3 rings (SSSR count). The topological polar surface area (TPSA) is 80.0 Å². The van der Waals surface area contributed by atoms with Crippen LogP contribution in [0.15, 0.2) is 41.0 Å². The fourth-order valence-corrected chi connectivity index (χ4v) is 3.03. The Bertz CT molecular complexity index is 1060.